The summed E-state index contributed by atoms with van der Waals surface area (Å²) in [7, 11) is 4.08. The molecule has 0 aliphatic carbocycles. The van der Waals surface area contributed by atoms with Gasteiger partial charge in [-0.05, 0) is 47.5 Å². The molecule has 0 spiro atoms. The van der Waals surface area contributed by atoms with Gasteiger partial charge in [-0.3, -0.25) is 0 Å². The predicted octanol–water partition coefficient (Wildman–Crippen LogP) is 4.52. The largest absolute Gasteiger partial charge is 0.497 e. The van der Waals surface area contributed by atoms with E-state index in [-0.39, 0.29) is 23.7 Å². The third-order valence-corrected chi connectivity index (χ3v) is 5.82. The Bertz CT molecular complexity index is 1440. The fourth-order valence-electron chi connectivity index (χ4n) is 4.09. The molecular weight excluding hydrogens is 464 g/mol. The van der Waals surface area contributed by atoms with Crippen molar-refractivity contribution in [1.29, 1.82) is 0 Å². The average Bonchev–Trinajstić information content (AvgIpc) is 3.56. The minimum Gasteiger partial charge on any atom is -0.497 e. The van der Waals surface area contributed by atoms with Crippen LogP contribution in [0.2, 0.25) is 0 Å². The van der Waals surface area contributed by atoms with Crippen LogP contribution in [0.1, 0.15) is 20.8 Å². The van der Waals surface area contributed by atoms with Gasteiger partial charge in [0.1, 0.15) is 17.0 Å². The van der Waals surface area contributed by atoms with Crippen LogP contribution < -0.4 is 14.2 Å². The molecule has 0 bridgehead atoms. The highest BCUT2D eigenvalue weighted by molar-refractivity contribution is 6.08. The smallest absolute Gasteiger partial charge is 0.357 e. The van der Waals surface area contributed by atoms with Gasteiger partial charge in [0.15, 0.2) is 17.2 Å². The maximum absolute atomic E-state index is 13.1. The van der Waals surface area contributed by atoms with E-state index >= 15 is 0 Å². The molecule has 0 amide bonds. The Labute approximate surface area is 206 Å². The number of benzene rings is 3. The summed E-state index contributed by atoms with van der Waals surface area (Å²) >= 11 is 0. The number of fused-ring (bicyclic) bond motifs is 1. The summed E-state index contributed by atoms with van der Waals surface area (Å²) in [5, 5.41) is 4.73. The lowest BCUT2D eigenvalue weighted by atomic mass is 9.94. The van der Waals surface area contributed by atoms with Gasteiger partial charge in [-0.25, -0.2) is 14.3 Å². The highest BCUT2D eigenvalue weighted by Gasteiger charge is 2.33. The number of rotatable bonds is 6. The lowest BCUT2D eigenvalue weighted by molar-refractivity contribution is 0.0549. The summed E-state index contributed by atoms with van der Waals surface area (Å²) in [4.78, 5) is 26.1. The van der Waals surface area contributed by atoms with Crippen molar-refractivity contribution < 1.29 is 33.3 Å². The molecule has 9 nitrogen and oxygen atoms in total. The second-order valence-corrected chi connectivity index (χ2v) is 7.78. The molecule has 5 rings (SSSR count). The summed E-state index contributed by atoms with van der Waals surface area (Å²) in [6, 6.07) is 20.0. The molecule has 36 heavy (non-hydrogen) atoms. The molecule has 0 N–H and O–H groups in total. The summed E-state index contributed by atoms with van der Waals surface area (Å²) < 4.78 is 28.0. The first-order valence-electron chi connectivity index (χ1n) is 11.0. The minimum absolute atomic E-state index is 0.0261. The molecule has 1 aromatic heterocycles. The monoisotopic (exact) mass is 486 g/mol. The number of esters is 2. The molecule has 4 aromatic rings. The molecule has 0 fully saturated rings. The zero-order valence-corrected chi connectivity index (χ0v) is 19.8. The van der Waals surface area contributed by atoms with Gasteiger partial charge in [-0.1, -0.05) is 30.3 Å². The molecule has 2 heterocycles. The Balaban J connectivity index is 1.83. The van der Waals surface area contributed by atoms with Crippen LogP contribution in [0.15, 0.2) is 66.7 Å². The predicted molar refractivity (Wildman–Crippen MR) is 130 cm³/mol. The first-order chi connectivity index (χ1) is 17.5. The Morgan fingerprint density at radius 2 is 1.47 bits per heavy atom. The van der Waals surface area contributed by atoms with E-state index in [2.05, 4.69) is 0 Å². The summed E-state index contributed by atoms with van der Waals surface area (Å²) in [5.41, 5.74) is 2.79. The van der Waals surface area contributed by atoms with Crippen LogP contribution in [0.3, 0.4) is 0 Å². The zero-order chi connectivity index (χ0) is 25.2. The topological polar surface area (TPSA) is 98.1 Å². The van der Waals surface area contributed by atoms with Gasteiger partial charge >= 0.3 is 11.9 Å². The van der Waals surface area contributed by atoms with E-state index in [0.29, 0.717) is 34.1 Å². The number of hydrogen-bond acceptors (Lipinski definition) is 8. The fourth-order valence-corrected chi connectivity index (χ4v) is 4.09. The standard InChI is InChI=1S/C27H22N2O7/c1-32-18-11-9-16(10-12-18)19-13-21-22(36-15-35-21)14-20(19)24-23(26(30)33-2)25(27(31)34-3)29(28-24)17-7-5-4-6-8-17/h4-14H,15H2,1-3H3. The Kier molecular flexibility index (Phi) is 6.03. The zero-order valence-electron chi connectivity index (χ0n) is 19.8. The third kappa shape index (κ3) is 3.90. The van der Waals surface area contributed by atoms with E-state index in [9.17, 15) is 9.59 Å². The van der Waals surface area contributed by atoms with E-state index in [1.54, 1.807) is 37.4 Å². The SMILES string of the molecule is COC(=O)c1c(-c2cc3c(cc2-c2ccc(OC)cc2)OCO3)nn(-c2ccccc2)c1C(=O)OC. The number of nitrogens with zero attached hydrogens (tertiary/aromatic N) is 2. The van der Waals surface area contributed by atoms with Gasteiger partial charge in [-0.2, -0.15) is 5.10 Å². The van der Waals surface area contributed by atoms with Crippen LogP contribution in [0, 0.1) is 0 Å². The molecule has 0 atom stereocenters. The van der Waals surface area contributed by atoms with Crippen LogP contribution in [0.25, 0.3) is 28.1 Å². The van der Waals surface area contributed by atoms with Crippen LogP contribution in [0.5, 0.6) is 17.2 Å². The van der Waals surface area contributed by atoms with Crippen molar-refractivity contribution in [2.45, 2.75) is 0 Å². The first-order valence-corrected chi connectivity index (χ1v) is 11.0. The van der Waals surface area contributed by atoms with Crippen molar-refractivity contribution in [3.8, 4) is 45.3 Å². The highest BCUT2D eigenvalue weighted by Crippen LogP contribution is 2.44. The Morgan fingerprint density at radius 3 is 2.08 bits per heavy atom. The number of para-hydroxylation sites is 1. The van der Waals surface area contributed by atoms with Crippen LogP contribution in [-0.2, 0) is 9.47 Å². The highest BCUT2D eigenvalue weighted by atomic mass is 16.7. The van der Waals surface area contributed by atoms with Gasteiger partial charge < -0.3 is 23.7 Å². The number of hydrogen-bond donors (Lipinski definition) is 0. The summed E-state index contributed by atoms with van der Waals surface area (Å²) in [6.45, 7) is 0.0660. The third-order valence-electron chi connectivity index (χ3n) is 5.82. The number of aromatic nitrogens is 2. The minimum atomic E-state index is -0.732. The van der Waals surface area contributed by atoms with Crippen LogP contribution in [0.4, 0.5) is 0 Å². The quantitative estimate of drug-likeness (QED) is 0.367. The van der Waals surface area contributed by atoms with Crippen molar-refractivity contribution in [3.05, 3.63) is 78.0 Å². The molecule has 0 saturated heterocycles. The molecule has 0 radical (unpaired) electrons. The van der Waals surface area contributed by atoms with Crippen molar-refractivity contribution in [2.24, 2.45) is 0 Å². The first kappa shape index (κ1) is 23.0. The number of methoxy groups -OCH3 is 3. The maximum Gasteiger partial charge on any atom is 0.357 e. The average molecular weight is 486 g/mol. The molecule has 182 valence electrons. The van der Waals surface area contributed by atoms with Gasteiger partial charge in [0.25, 0.3) is 0 Å². The van der Waals surface area contributed by atoms with Crippen molar-refractivity contribution in [2.75, 3.05) is 28.1 Å². The number of ether oxygens (including phenoxy) is 5. The second kappa shape index (κ2) is 9.46. The van der Waals surface area contributed by atoms with Gasteiger partial charge in [-0.15, -0.1) is 0 Å². The summed E-state index contributed by atoms with van der Waals surface area (Å²) in [5.74, 6) is 0.278. The summed E-state index contributed by atoms with van der Waals surface area (Å²) in [6.07, 6.45) is 0. The van der Waals surface area contributed by atoms with E-state index in [1.807, 2.05) is 36.4 Å². The molecule has 1 aliphatic heterocycles. The Morgan fingerprint density at radius 1 is 0.833 bits per heavy atom. The molecule has 9 heteroatoms. The number of carbonyl (C=O) groups is 2. The lowest BCUT2D eigenvalue weighted by Gasteiger charge is -2.12. The Hall–Kier alpha value is -4.79. The van der Waals surface area contributed by atoms with E-state index in [4.69, 9.17) is 28.8 Å². The van der Waals surface area contributed by atoms with Crippen LogP contribution >= 0.6 is 0 Å². The molecule has 0 unspecified atom stereocenters. The molecule has 0 saturated carbocycles. The number of carbonyl (C=O) groups excluding carboxylic acids is 2. The normalized spacial score (nSPS) is 11.8. The molecule has 3 aromatic carbocycles. The maximum atomic E-state index is 13.1. The van der Waals surface area contributed by atoms with Gasteiger partial charge in [0.2, 0.25) is 6.79 Å². The molecule has 1 aliphatic rings. The van der Waals surface area contributed by atoms with Gasteiger partial charge in [0, 0.05) is 5.56 Å². The second-order valence-electron chi connectivity index (χ2n) is 7.78. The van der Waals surface area contributed by atoms with Crippen LogP contribution in [-0.4, -0.2) is 49.8 Å². The van der Waals surface area contributed by atoms with Crippen molar-refractivity contribution >= 4 is 11.9 Å². The lowest BCUT2D eigenvalue weighted by Crippen LogP contribution is -2.15. The molecular formula is C27H22N2O7. The van der Waals surface area contributed by atoms with E-state index in [0.717, 1.165) is 5.56 Å². The van der Waals surface area contributed by atoms with Crippen molar-refractivity contribution in [1.82, 2.24) is 9.78 Å². The van der Waals surface area contributed by atoms with Crippen molar-refractivity contribution in [3.63, 3.8) is 0 Å². The van der Waals surface area contributed by atoms with Gasteiger partial charge in [0.05, 0.1) is 27.0 Å². The van der Waals surface area contributed by atoms with E-state index < -0.39 is 11.9 Å². The fraction of sp³-hybridized carbons (Fsp3) is 0.148. The van der Waals surface area contributed by atoms with E-state index in [1.165, 1.54) is 18.9 Å².